The van der Waals surface area contributed by atoms with Crippen molar-refractivity contribution in [3.05, 3.63) is 35.5 Å². The second-order valence-corrected chi connectivity index (χ2v) is 7.34. The van der Waals surface area contributed by atoms with E-state index in [9.17, 15) is 0 Å². The van der Waals surface area contributed by atoms with Gasteiger partial charge in [-0.15, -0.1) is 0 Å². The van der Waals surface area contributed by atoms with Crippen molar-refractivity contribution in [2.45, 2.75) is 41.5 Å². The highest BCUT2D eigenvalue weighted by atomic mass is 14.4. The van der Waals surface area contributed by atoms with Crippen molar-refractivity contribution in [2.75, 3.05) is 0 Å². The molecule has 2 unspecified atom stereocenters. The molecule has 0 radical (unpaired) electrons. The topological polar surface area (TPSA) is 0 Å². The van der Waals surface area contributed by atoms with Crippen LogP contribution in [0.3, 0.4) is 0 Å². The molecule has 0 aromatic heterocycles. The lowest BCUT2D eigenvalue weighted by Crippen LogP contribution is -2.19. The van der Waals surface area contributed by atoms with Gasteiger partial charge in [0, 0.05) is 11.8 Å². The highest BCUT2D eigenvalue weighted by Gasteiger charge is 2.36. The van der Waals surface area contributed by atoms with E-state index in [1.807, 2.05) is 0 Å². The molecule has 0 saturated carbocycles. The van der Waals surface area contributed by atoms with Crippen molar-refractivity contribution < 1.29 is 0 Å². The molecule has 0 saturated heterocycles. The van der Waals surface area contributed by atoms with Crippen LogP contribution in [0.5, 0.6) is 0 Å². The molecular weight excluding hydrogens is 192 g/mol. The molecule has 0 aromatic carbocycles. The third-order valence-electron chi connectivity index (χ3n) is 3.79. The van der Waals surface area contributed by atoms with Crippen LogP contribution >= 0.6 is 0 Å². The first-order chi connectivity index (χ1) is 7.19. The summed E-state index contributed by atoms with van der Waals surface area (Å²) in [5.41, 5.74) is 3.72. The average Bonchev–Trinajstić information content (AvgIpc) is 2.53. The maximum atomic E-state index is 2.49. The van der Waals surface area contributed by atoms with Crippen LogP contribution < -0.4 is 0 Å². The molecule has 2 rings (SSSR count). The monoisotopic (exact) mass is 216 g/mol. The highest BCUT2D eigenvalue weighted by molar-refractivity contribution is 5.54. The second-order valence-electron chi connectivity index (χ2n) is 7.34. The van der Waals surface area contributed by atoms with Gasteiger partial charge in [-0.1, -0.05) is 65.8 Å². The number of hydrogen-bond donors (Lipinski definition) is 0. The van der Waals surface area contributed by atoms with E-state index in [0.717, 1.165) is 0 Å². The van der Waals surface area contributed by atoms with Gasteiger partial charge in [0.1, 0.15) is 0 Å². The van der Waals surface area contributed by atoms with Crippen molar-refractivity contribution in [3.63, 3.8) is 0 Å². The predicted octanol–water partition coefficient (Wildman–Crippen LogP) is 4.75. The zero-order valence-corrected chi connectivity index (χ0v) is 11.5. The molecule has 2 aliphatic rings. The van der Waals surface area contributed by atoms with Gasteiger partial charge < -0.3 is 0 Å². The van der Waals surface area contributed by atoms with Crippen molar-refractivity contribution in [3.8, 4) is 0 Å². The van der Waals surface area contributed by atoms with Crippen LogP contribution in [0.2, 0.25) is 0 Å². The Morgan fingerprint density at radius 2 is 1.50 bits per heavy atom. The van der Waals surface area contributed by atoms with Crippen LogP contribution in [-0.4, -0.2) is 0 Å². The summed E-state index contributed by atoms with van der Waals surface area (Å²) in [5, 5.41) is 0. The van der Waals surface area contributed by atoms with E-state index >= 15 is 0 Å². The summed E-state index contributed by atoms with van der Waals surface area (Å²) in [7, 11) is 0. The van der Waals surface area contributed by atoms with Crippen molar-refractivity contribution >= 4 is 0 Å². The van der Waals surface area contributed by atoms with E-state index in [2.05, 4.69) is 65.8 Å². The second kappa shape index (κ2) is 3.35. The third kappa shape index (κ3) is 1.90. The molecule has 0 heteroatoms. The van der Waals surface area contributed by atoms with Gasteiger partial charge in [-0.3, -0.25) is 0 Å². The van der Waals surface area contributed by atoms with E-state index < -0.39 is 0 Å². The van der Waals surface area contributed by atoms with E-state index in [4.69, 9.17) is 0 Å². The number of fused-ring (bicyclic) bond motifs is 1. The van der Waals surface area contributed by atoms with Crippen LogP contribution in [0, 0.1) is 22.7 Å². The highest BCUT2D eigenvalue weighted by Crippen LogP contribution is 2.47. The molecule has 0 aliphatic heterocycles. The maximum absolute atomic E-state index is 2.49. The standard InChI is InChI=1S/C16H24/c1-15(2,3)12-9-11-7-8-14(13(11)10-12)16(4,5)6/h7-10,12,14H,1-6H3. The smallest absolute Gasteiger partial charge is 0.00727 e. The van der Waals surface area contributed by atoms with Gasteiger partial charge in [0.05, 0.1) is 0 Å². The fourth-order valence-corrected chi connectivity index (χ4v) is 2.62. The van der Waals surface area contributed by atoms with Crippen LogP contribution in [-0.2, 0) is 0 Å². The SMILES string of the molecule is CC(C)(C)C1C=C2C=CC(C(C)(C)C)C2=C1. The summed E-state index contributed by atoms with van der Waals surface area (Å²) in [6.45, 7) is 14.0. The lowest BCUT2D eigenvalue weighted by molar-refractivity contribution is 0.328. The van der Waals surface area contributed by atoms with E-state index in [1.165, 1.54) is 5.57 Å². The number of hydrogen-bond acceptors (Lipinski definition) is 0. The Hall–Kier alpha value is -0.780. The molecule has 0 heterocycles. The van der Waals surface area contributed by atoms with Crippen molar-refractivity contribution in [1.82, 2.24) is 0 Å². The fraction of sp³-hybridized carbons (Fsp3) is 0.625. The minimum absolute atomic E-state index is 0.338. The summed E-state index contributed by atoms with van der Waals surface area (Å²) >= 11 is 0. The van der Waals surface area contributed by atoms with Gasteiger partial charge >= 0.3 is 0 Å². The summed E-state index contributed by atoms with van der Waals surface area (Å²) < 4.78 is 0. The summed E-state index contributed by atoms with van der Waals surface area (Å²) in [4.78, 5) is 0. The molecule has 88 valence electrons. The Balaban J connectivity index is 2.32. The maximum Gasteiger partial charge on any atom is 0.00727 e. The van der Waals surface area contributed by atoms with Gasteiger partial charge in [-0.05, 0) is 22.0 Å². The Morgan fingerprint density at radius 3 is 2.00 bits per heavy atom. The summed E-state index contributed by atoms with van der Waals surface area (Å²) in [6, 6.07) is 0. The van der Waals surface area contributed by atoms with E-state index in [-0.39, 0.29) is 0 Å². The molecule has 16 heavy (non-hydrogen) atoms. The van der Waals surface area contributed by atoms with Gasteiger partial charge in [0.15, 0.2) is 0 Å². The Kier molecular flexibility index (Phi) is 2.45. The van der Waals surface area contributed by atoms with Crippen LogP contribution in [0.25, 0.3) is 0 Å². The van der Waals surface area contributed by atoms with Gasteiger partial charge in [-0.25, -0.2) is 0 Å². The molecule has 0 spiro atoms. The first kappa shape index (κ1) is 11.7. The molecule has 0 nitrogen and oxygen atoms in total. The third-order valence-corrected chi connectivity index (χ3v) is 3.79. The first-order valence-corrected chi connectivity index (χ1v) is 6.32. The molecular formula is C16H24. The summed E-state index contributed by atoms with van der Waals surface area (Å²) in [6.07, 6.45) is 9.62. The quantitative estimate of drug-likeness (QED) is 0.548. The lowest BCUT2D eigenvalue weighted by atomic mass is 9.76. The molecule has 0 N–H and O–H groups in total. The summed E-state index contributed by atoms with van der Waals surface area (Å²) in [5.74, 6) is 1.21. The van der Waals surface area contributed by atoms with Crippen LogP contribution in [0.4, 0.5) is 0 Å². The van der Waals surface area contributed by atoms with Crippen LogP contribution in [0.1, 0.15) is 41.5 Å². The zero-order valence-electron chi connectivity index (χ0n) is 11.5. The van der Waals surface area contributed by atoms with Gasteiger partial charge in [0.2, 0.25) is 0 Å². The molecule has 0 aromatic rings. The molecule has 0 amide bonds. The molecule has 0 fully saturated rings. The minimum Gasteiger partial charge on any atom is -0.0759 e. The largest absolute Gasteiger partial charge is 0.0759 e. The number of allylic oxidation sites excluding steroid dienone is 6. The average molecular weight is 216 g/mol. The molecule has 0 bridgehead atoms. The zero-order chi connectivity index (χ0) is 12.1. The van der Waals surface area contributed by atoms with E-state index in [1.54, 1.807) is 5.57 Å². The van der Waals surface area contributed by atoms with Crippen LogP contribution in [0.15, 0.2) is 35.5 Å². The molecule has 2 atom stereocenters. The molecule has 2 aliphatic carbocycles. The Bertz CT molecular complexity index is 377. The van der Waals surface area contributed by atoms with E-state index in [0.29, 0.717) is 22.7 Å². The lowest BCUT2D eigenvalue weighted by Gasteiger charge is -2.28. The normalized spacial score (nSPS) is 29.1. The van der Waals surface area contributed by atoms with Crippen molar-refractivity contribution in [1.29, 1.82) is 0 Å². The Morgan fingerprint density at radius 1 is 0.875 bits per heavy atom. The fourth-order valence-electron chi connectivity index (χ4n) is 2.62. The van der Waals surface area contributed by atoms with Crippen molar-refractivity contribution in [2.24, 2.45) is 22.7 Å². The van der Waals surface area contributed by atoms with Gasteiger partial charge in [0.25, 0.3) is 0 Å². The Labute approximate surface area is 100 Å². The number of rotatable bonds is 0. The first-order valence-electron chi connectivity index (χ1n) is 6.32. The predicted molar refractivity (Wildman–Crippen MR) is 71.2 cm³/mol. The minimum atomic E-state index is 0.338. The van der Waals surface area contributed by atoms with Gasteiger partial charge in [-0.2, -0.15) is 0 Å².